The standard InChI is InChI=1S/C18H14N2O5S2/c1-24-13-4-3-9(5-14(13)25-2)12(22)8-26-18-10(7-19)16-17(27-18)11(21)6-15(23)20-16/h3-6H,8H2,1-2H3,(H2,20,21,23). The third-order valence-electron chi connectivity index (χ3n) is 3.78. The van der Waals surface area contributed by atoms with E-state index in [0.29, 0.717) is 26.0 Å². The van der Waals surface area contributed by atoms with E-state index in [-0.39, 0.29) is 28.4 Å². The van der Waals surface area contributed by atoms with Crippen LogP contribution in [0.25, 0.3) is 10.2 Å². The number of ketones is 1. The molecule has 0 amide bonds. The van der Waals surface area contributed by atoms with E-state index >= 15 is 0 Å². The van der Waals surface area contributed by atoms with Gasteiger partial charge in [-0.3, -0.25) is 9.59 Å². The van der Waals surface area contributed by atoms with Crippen molar-refractivity contribution in [2.75, 3.05) is 20.0 Å². The molecule has 0 aliphatic rings. The van der Waals surface area contributed by atoms with Crippen molar-refractivity contribution >= 4 is 39.1 Å². The molecular formula is C18H14N2O5S2. The number of fused-ring (bicyclic) bond motifs is 1. The highest BCUT2D eigenvalue weighted by Gasteiger charge is 2.18. The number of nitrogens with one attached hydrogen (secondary N) is 1. The molecule has 0 bridgehead atoms. The molecule has 0 saturated carbocycles. The van der Waals surface area contributed by atoms with Gasteiger partial charge in [-0.1, -0.05) is 0 Å². The Labute approximate surface area is 162 Å². The van der Waals surface area contributed by atoms with Gasteiger partial charge in [-0.15, -0.1) is 23.1 Å². The monoisotopic (exact) mass is 402 g/mol. The summed E-state index contributed by atoms with van der Waals surface area (Å²) >= 11 is 2.34. The van der Waals surface area contributed by atoms with Crippen LogP contribution < -0.4 is 15.0 Å². The maximum absolute atomic E-state index is 12.5. The molecular weight excluding hydrogens is 388 g/mol. The molecule has 138 valence electrons. The van der Waals surface area contributed by atoms with Gasteiger partial charge in [0.25, 0.3) is 5.56 Å². The van der Waals surface area contributed by atoms with Gasteiger partial charge in [0, 0.05) is 11.6 Å². The first kappa shape index (κ1) is 18.8. The van der Waals surface area contributed by atoms with Crippen LogP contribution in [-0.2, 0) is 0 Å². The molecule has 3 rings (SSSR count). The number of pyridine rings is 1. The molecule has 2 heterocycles. The Morgan fingerprint density at radius 2 is 2.04 bits per heavy atom. The highest BCUT2D eigenvalue weighted by atomic mass is 32.2. The molecule has 1 aromatic carbocycles. The van der Waals surface area contributed by atoms with Crippen molar-refractivity contribution in [3.8, 4) is 23.3 Å². The highest BCUT2D eigenvalue weighted by Crippen LogP contribution is 2.40. The number of thiophene rings is 1. The predicted octanol–water partition coefficient (Wildman–Crippen LogP) is 3.16. The summed E-state index contributed by atoms with van der Waals surface area (Å²) < 4.78 is 11.3. The second-order valence-electron chi connectivity index (χ2n) is 5.38. The Balaban J connectivity index is 1.87. The first-order valence-corrected chi connectivity index (χ1v) is 9.45. The fourth-order valence-corrected chi connectivity index (χ4v) is 4.72. The maximum atomic E-state index is 12.5. The third kappa shape index (κ3) is 3.63. The first-order valence-electron chi connectivity index (χ1n) is 7.65. The first-order chi connectivity index (χ1) is 13.0. The SMILES string of the molecule is COc1ccc(C(=O)CSc2sc3c(O)cc(=O)[nH]c3c2C#N)cc1OC. The number of carbonyl (C=O) groups is 1. The van der Waals surface area contributed by atoms with Gasteiger partial charge >= 0.3 is 0 Å². The Kier molecular flexibility index (Phi) is 5.39. The van der Waals surface area contributed by atoms with Gasteiger partial charge in [-0.05, 0) is 18.2 Å². The molecule has 2 aromatic heterocycles. The number of aromatic amines is 1. The van der Waals surface area contributed by atoms with Crippen LogP contribution >= 0.6 is 23.1 Å². The Hall–Kier alpha value is -2.96. The molecule has 27 heavy (non-hydrogen) atoms. The van der Waals surface area contributed by atoms with Crippen LogP contribution in [0.5, 0.6) is 17.2 Å². The van der Waals surface area contributed by atoms with Gasteiger partial charge in [0.1, 0.15) is 17.4 Å². The summed E-state index contributed by atoms with van der Waals surface area (Å²) in [7, 11) is 3.00. The molecule has 0 saturated heterocycles. The molecule has 2 N–H and O–H groups in total. The van der Waals surface area contributed by atoms with Crippen LogP contribution in [0.3, 0.4) is 0 Å². The minimum atomic E-state index is -0.493. The highest BCUT2D eigenvalue weighted by molar-refractivity contribution is 8.02. The summed E-state index contributed by atoms with van der Waals surface area (Å²) in [5, 5.41) is 19.3. The summed E-state index contributed by atoms with van der Waals surface area (Å²) in [5.41, 5.74) is 0.491. The summed E-state index contributed by atoms with van der Waals surface area (Å²) in [4.78, 5) is 26.6. The number of benzene rings is 1. The van der Waals surface area contributed by atoms with E-state index in [9.17, 15) is 20.0 Å². The lowest BCUT2D eigenvalue weighted by atomic mass is 10.1. The van der Waals surface area contributed by atoms with Crippen molar-refractivity contribution in [1.82, 2.24) is 4.98 Å². The van der Waals surface area contributed by atoms with Crippen LogP contribution in [0, 0.1) is 11.3 Å². The Morgan fingerprint density at radius 1 is 1.30 bits per heavy atom. The van der Waals surface area contributed by atoms with E-state index in [4.69, 9.17) is 9.47 Å². The normalized spacial score (nSPS) is 10.6. The molecule has 3 aromatic rings. The predicted molar refractivity (Wildman–Crippen MR) is 103 cm³/mol. The Bertz CT molecular complexity index is 1130. The number of rotatable bonds is 6. The zero-order chi connectivity index (χ0) is 19.6. The minimum absolute atomic E-state index is 0.0853. The van der Waals surface area contributed by atoms with E-state index in [1.807, 2.05) is 6.07 Å². The number of H-pyrrole nitrogens is 1. The number of aromatic hydroxyl groups is 1. The van der Waals surface area contributed by atoms with Crippen molar-refractivity contribution in [2.45, 2.75) is 4.21 Å². The average molecular weight is 402 g/mol. The van der Waals surface area contributed by atoms with E-state index in [2.05, 4.69) is 4.98 Å². The quantitative estimate of drug-likeness (QED) is 0.481. The molecule has 0 aliphatic carbocycles. The molecule has 9 heteroatoms. The lowest BCUT2D eigenvalue weighted by Gasteiger charge is -2.08. The van der Waals surface area contributed by atoms with Gasteiger partial charge in [-0.2, -0.15) is 5.26 Å². The summed E-state index contributed by atoms with van der Waals surface area (Å²) in [6.45, 7) is 0. The van der Waals surface area contributed by atoms with Crippen LogP contribution in [0.1, 0.15) is 15.9 Å². The number of Topliss-reactive ketones (excluding diaryl/α,β-unsaturated/α-hetero) is 1. The number of aromatic nitrogens is 1. The number of nitriles is 1. The van der Waals surface area contributed by atoms with Crippen molar-refractivity contribution in [3.05, 3.63) is 45.7 Å². The molecule has 0 fully saturated rings. The smallest absolute Gasteiger partial charge is 0.252 e. The number of thioether (sulfide) groups is 1. The fraction of sp³-hybridized carbons (Fsp3) is 0.167. The summed E-state index contributed by atoms with van der Waals surface area (Å²) in [6.07, 6.45) is 0. The van der Waals surface area contributed by atoms with E-state index in [1.54, 1.807) is 18.2 Å². The number of methoxy groups -OCH3 is 2. The van der Waals surface area contributed by atoms with Crippen molar-refractivity contribution in [2.24, 2.45) is 0 Å². The second-order valence-corrected chi connectivity index (χ2v) is 7.65. The van der Waals surface area contributed by atoms with Gasteiger partial charge in [-0.25, -0.2) is 0 Å². The van der Waals surface area contributed by atoms with Gasteiger partial charge < -0.3 is 19.6 Å². The van der Waals surface area contributed by atoms with Gasteiger partial charge in [0.15, 0.2) is 17.3 Å². The van der Waals surface area contributed by atoms with Crippen molar-refractivity contribution in [3.63, 3.8) is 0 Å². The molecule has 0 atom stereocenters. The Morgan fingerprint density at radius 3 is 2.70 bits per heavy atom. The van der Waals surface area contributed by atoms with E-state index < -0.39 is 5.56 Å². The van der Waals surface area contributed by atoms with Crippen molar-refractivity contribution < 1.29 is 19.4 Å². The average Bonchev–Trinajstić information content (AvgIpc) is 3.03. The number of carbonyl (C=O) groups excluding carboxylic acids is 1. The number of hydrogen-bond donors (Lipinski definition) is 2. The molecule has 0 aliphatic heterocycles. The molecule has 7 nitrogen and oxygen atoms in total. The summed E-state index contributed by atoms with van der Waals surface area (Å²) in [5.74, 6) is 0.725. The maximum Gasteiger partial charge on any atom is 0.252 e. The fourth-order valence-electron chi connectivity index (χ4n) is 2.49. The molecule has 0 unspecified atom stereocenters. The minimum Gasteiger partial charge on any atom is -0.506 e. The van der Waals surface area contributed by atoms with Crippen molar-refractivity contribution in [1.29, 1.82) is 5.26 Å². The van der Waals surface area contributed by atoms with E-state index in [1.165, 1.54) is 26.0 Å². The molecule has 0 radical (unpaired) electrons. The van der Waals surface area contributed by atoms with E-state index in [0.717, 1.165) is 17.4 Å². The molecule has 0 spiro atoms. The number of hydrogen-bond acceptors (Lipinski definition) is 8. The number of ether oxygens (including phenoxy) is 2. The van der Waals surface area contributed by atoms with Crippen LogP contribution in [-0.4, -0.2) is 35.8 Å². The van der Waals surface area contributed by atoms with Crippen LogP contribution in [0.4, 0.5) is 0 Å². The van der Waals surface area contributed by atoms with Crippen LogP contribution in [0.15, 0.2) is 33.3 Å². The third-order valence-corrected chi connectivity index (χ3v) is 6.26. The lowest BCUT2D eigenvalue weighted by molar-refractivity contribution is 0.102. The van der Waals surface area contributed by atoms with Gasteiger partial charge in [0.2, 0.25) is 0 Å². The topological polar surface area (TPSA) is 112 Å². The van der Waals surface area contributed by atoms with Gasteiger partial charge in [0.05, 0.1) is 34.4 Å². The summed E-state index contributed by atoms with van der Waals surface area (Å²) in [6, 6.07) is 7.98. The number of nitrogens with zero attached hydrogens (tertiary/aromatic N) is 1. The zero-order valence-corrected chi connectivity index (χ0v) is 16.0. The second kappa shape index (κ2) is 7.73. The lowest BCUT2D eigenvalue weighted by Crippen LogP contribution is -2.03. The largest absolute Gasteiger partial charge is 0.506 e. The van der Waals surface area contributed by atoms with Crippen LogP contribution in [0.2, 0.25) is 0 Å². The zero-order valence-electron chi connectivity index (χ0n) is 14.4.